The van der Waals surface area contributed by atoms with E-state index in [9.17, 15) is 19.8 Å². The van der Waals surface area contributed by atoms with Crippen LogP contribution in [0, 0.1) is 13.8 Å². The van der Waals surface area contributed by atoms with Gasteiger partial charge in [0.2, 0.25) is 0 Å². The molecule has 3 rings (SSSR count). The van der Waals surface area contributed by atoms with Gasteiger partial charge in [-0.3, -0.25) is 9.59 Å². The Labute approximate surface area is 189 Å². The minimum absolute atomic E-state index is 0.0207. The van der Waals surface area contributed by atoms with E-state index in [0.717, 1.165) is 30.4 Å². The number of ether oxygens (including phenoxy) is 1. The minimum Gasteiger partial charge on any atom is -0.507 e. The Balaban J connectivity index is 2.17. The van der Waals surface area contributed by atoms with E-state index in [4.69, 9.17) is 4.74 Å². The maximum absolute atomic E-state index is 13.1. The molecule has 0 aliphatic carbocycles. The van der Waals surface area contributed by atoms with Gasteiger partial charge in [-0.2, -0.15) is 0 Å². The lowest BCUT2D eigenvalue weighted by atomic mass is 9.94. The number of aryl methyl sites for hydroxylation is 2. The molecule has 0 radical (unpaired) electrons. The van der Waals surface area contributed by atoms with E-state index in [2.05, 4.69) is 6.92 Å². The van der Waals surface area contributed by atoms with Gasteiger partial charge < -0.3 is 19.8 Å². The van der Waals surface area contributed by atoms with Crippen molar-refractivity contribution >= 4 is 17.4 Å². The molecule has 1 atom stereocenters. The standard InChI is InChI=1S/C26H31NO5/c1-5-7-8-13-27-23(18-11-12-20(28)21(15-18)32-6-2)22(25(30)26(27)31)24(29)19-10-9-16(3)17(4)14-19/h9-12,14-15,23,28-29H,5-8,13H2,1-4H3/b24-22-. The van der Waals surface area contributed by atoms with Crippen LogP contribution in [0.2, 0.25) is 0 Å². The average molecular weight is 438 g/mol. The molecule has 1 aliphatic rings. The Kier molecular flexibility index (Phi) is 7.23. The predicted molar refractivity (Wildman–Crippen MR) is 124 cm³/mol. The zero-order valence-electron chi connectivity index (χ0n) is 19.1. The summed E-state index contributed by atoms with van der Waals surface area (Å²) in [5.74, 6) is -1.26. The second kappa shape index (κ2) is 9.90. The summed E-state index contributed by atoms with van der Waals surface area (Å²) in [5, 5.41) is 21.3. The van der Waals surface area contributed by atoms with Crippen molar-refractivity contribution in [1.29, 1.82) is 0 Å². The maximum atomic E-state index is 13.1. The molecule has 0 aromatic heterocycles. The fourth-order valence-electron chi connectivity index (χ4n) is 4.01. The van der Waals surface area contributed by atoms with Gasteiger partial charge in [-0.1, -0.05) is 38.0 Å². The molecule has 32 heavy (non-hydrogen) atoms. The molecule has 0 saturated carbocycles. The summed E-state index contributed by atoms with van der Waals surface area (Å²) < 4.78 is 5.52. The summed E-state index contributed by atoms with van der Waals surface area (Å²) >= 11 is 0. The van der Waals surface area contributed by atoms with Crippen molar-refractivity contribution in [2.24, 2.45) is 0 Å². The maximum Gasteiger partial charge on any atom is 0.295 e. The van der Waals surface area contributed by atoms with Crippen molar-refractivity contribution in [2.45, 2.75) is 53.0 Å². The van der Waals surface area contributed by atoms with Gasteiger partial charge in [-0.05, 0) is 62.1 Å². The number of likely N-dealkylation sites (tertiary alicyclic amines) is 1. The van der Waals surface area contributed by atoms with Crippen molar-refractivity contribution < 1.29 is 24.5 Å². The Hall–Kier alpha value is -3.28. The number of carbonyl (C=O) groups is 2. The molecular weight excluding hydrogens is 406 g/mol. The van der Waals surface area contributed by atoms with Crippen LogP contribution in [-0.4, -0.2) is 40.0 Å². The Bertz CT molecular complexity index is 1060. The summed E-state index contributed by atoms with van der Waals surface area (Å²) in [6, 6.07) is 9.47. The highest BCUT2D eigenvalue weighted by Crippen LogP contribution is 2.42. The number of benzene rings is 2. The number of hydrogen-bond acceptors (Lipinski definition) is 5. The van der Waals surface area contributed by atoms with Crippen molar-refractivity contribution in [3.8, 4) is 11.5 Å². The molecule has 1 aliphatic heterocycles. The van der Waals surface area contributed by atoms with Crippen LogP contribution in [0.15, 0.2) is 42.0 Å². The fraction of sp³-hybridized carbons (Fsp3) is 0.385. The quantitative estimate of drug-likeness (QED) is 0.262. The molecule has 1 saturated heterocycles. The predicted octanol–water partition coefficient (Wildman–Crippen LogP) is 5.02. The third kappa shape index (κ3) is 4.49. The second-order valence-corrected chi connectivity index (χ2v) is 8.16. The lowest BCUT2D eigenvalue weighted by molar-refractivity contribution is -0.139. The number of amides is 1. The number of ketones is 1. The highest BCUT2D eigenvalue weighted by Gasteiger charge is 2.46. The molecule has 6 heteroatoms. The van der Waals surface area contributed by atoms with Gasteiger partial charge in [0.1, 0.15) is 5.76 Å². The highest BCUT2D eigenvalue weighted by molar-refractivity contribution is 6.46. The van der Waals surface area contributed by atoms with Gasteiger partial charge in [-0.15, -0.1) is 0 Å². The number of nitrogens with zero attached hydrogens (tertiary/aromatic N) is 1. The van der Waals surface area contributed by atoms with Crippen LogP contribution in [0.1, 0.15) is 61.4 Å². The number of Topliss-reactive ketones (excluding diaryl/α,β-unsaturated/α-hetero) is 1. The van der Waals surface area contributed by atoms with E-state index >= 15 is 0 Å². The molecule has 6 nitrogen and oxygen atoms in total. The lowest BCUT2D eigenvalue weighted by Crippen LogP contribution is -2.30. The summed E-state index contributed by atoms with van der Waals surface area (Å²) in [5.41, 5.74) is 3.20. The van der Waals surface area contributed by atoms with E-state index in [1.165, 1.54) is 11.0 Å². The first-order valence-electron chi connectivity index (χ1n) is 11.1. The molecule has 1 amide bonds. The van der Waals surface area contributed by atoms with Crippen LogP contribution in [0.4, 0.5) is 0 Å². The zero-order chi connectivity index (χ0) is 23.4. The normalized spacial score (nSPS) is 17.8. The SMILES string of the molecule is CCCCCN1C(=O)C(=O)/C(=C(\O)c2ccc(C)c(C)c2)C1c1ccc(O)c(OCC)c1. The number of rotatable bonds is 8. The van der Waals surface area contributed by atoms with E-state index < -0.39 is 17.7 Å². The van der Waals surface area contributed by atoms with Crippen LogP contribution in [0.25, 0.3) is 5.76 Å². The van der Waals surface area contributed by atoms with Gasteiger partial charge in [0.05, 0.1) is 18.2 Å². The molecule has 0 bridgehead atoms. The van der Waals surface area contributed by atoms with E-state index in [-0.39, 0.29) is 22.8 Å². The number of aliphatic hydroxyl groups excluding tert-OH is 1. The number of phenols is 1. The van der Waals surface area contributed by atoms with Crippen molar-refractivity contribution in [3.05, 3.63) is 64.2 Å². The second-order valence-electron chi connectivity index (χ2n) is 8.16. The van der Waals surface area contributed by atoms with Gasteiger partial charge in [0.15, 0.2) is 11.5 Å². The Morgan fingerprint density at radius 2 is 1.78 bits per heavy atom. The van der Waals surface area contributed by atoms with Crippen LogP contribution in [0.5, 0.6) is 11.5 Å². The largest absolute Gasteiger partial charge is 0.507 e. The molecule has 1 unspecified atom stereocenters. The molecule has 0 spiro atoms. The van der Waals surface area contributed by atoms with Crippen LogP contribution in [-0.2, 0) is 9.59 Å². The van der Waals surface area contributed by atoms with Gasteiger partial charge >= 0.3 is 0 Å². The van der Waals surface area contributed by atoms with Crippen LogP contribution >= 0.6 is 0 Å². The number of carbonyl (C=O) groups excluding carboxylic acids is 2. The smallest absolute Gasteiger partial charge is 0.295 e. The number of hydrogen-bond donors (Lipinski definition) is 2. The van der Waals surface area contributed by atoms with Crippen LogP contribution in [0.3, 0.4) is 0 Å². The number of aromatic hydroxyl groups is 1. The van der Waals surface area contributed by atoms with Gasteiger partial charge in [-0.25, -0.2) is 0 Å². The monoisotopic (exact) mass is 437 g/mol. The summed E-state index contributed by atoms with van der Waals surface area (Å²) in [6.45, 7) is 8.54. The Morgan fingerprint density at radius 1 is 1.03 bits per heavy atom. The molecule has 2 aromatic rings. The molecule has 1 fully saturated rings. The highest BCUT2D eigenvalue weighted by atomic mass is 16.5. The number of phenolic OH excluding ortho intramolecular Hbond substituents is 1. The molecular formula is C26H31NO5. The van der Waals surface area contributed by atoms with Crippen LogP contribution < -0.4 is 4.74 Å². The van der Waals surface area contributed by atoms with Crippen molar-refractivity contribution in [1.82, 2.24) is 4.90 Å². The lowest BCUT2D eigenvalue weighted by Gasteiger charge is -2.26. The van der Waals surface area contributed by atoms with Gasteiger partial charge in [0.25, 0.3) is 11.7 Å². The first kappa shape index (κ1) is 23.4. The molecule has 2 N–H and O–H groups in total. The number of unbranched alkanes of at least 4 members (excludes halogenated alkanes) is 2. The topological polar surface area (TPSA) is 87.1 Å². The third-order valence-electron chi connectivity index (χ3n) is 5.92. The van der Waals surface area contributed by atoms with E-state index in [1.54, 1.807) is 18.2 Å². The molecule has 170 valence electrons. The molecule has 1 heterocycles. The van der Waals surface area contributed by atoms with Gasteiger partial charge in [0, 0.05) is 12.1 Å². The molecule has 2 aromatic carbocycles. The van der Waals surface area contributed by atoms with E-state index in [1.807, 2.05) is 32.9 Å². The first-order chi connectivity index (χ1) is 15.3. The third-order valence-corrected chi connectivity index (χ3v) is 5.92. The average Bonchev–Trinajstić information content (AvgIpc) is 3.02. The Morgan fingerprint density at radius 3 is 2.44 bits per heavy atom. The van der Waals surface area contributed by atoms with Crippen molar-refractivity contribution in [2.75, 3.05) is 13.2 Å². The summed E-state index contributed by atoms with van der Waals surface area (Å²) in [4.78, 5) is 27.6. The number of aliphatic hydroxyl groups is 1. The van der Waals surface area contributed by atoms with E-state index in [0.29, 0.717) is 24.3 Å². The fourth-order valence-corrected chi connectivity index (χ4v) is 4.01. The minimum atomic E-state index is -0.756. The zero-order valence-corrected chi connectivity index (χ0v) is 19.1. The summed E-state index contributed by atoms with van der Waals surface area (Å²) in [6.07, 6.45) is 2.65. The van der Waals surface area contributed by atoms with Crippen molar-refractivity contribution in [3.63, 3.8) is 0 Å². The first-order valence-corrected chi connectivity index (χ1v) is 11.1. The summed E-state index contributed by atoms with van der Waals surface area (Å²) in [7, 11) is 0.